The van der Waals surface area contributed by atoms with Gasteiger partial charge in [0.05, 0.1) is 0 Å². The van der Waals surface area contributed by atoms with Gasteiger partial charge in [-0.25, -0.2) is 0 Å². The van der Waals surface area contributed by atoms with Gasteiger partial charge in [0.2, 0.25) is 0 Å². The molecular formula is C11H32P2. The first-order valence-electron chi connectivity index (χ1n) is 3.30. The zero-order valence-corrected chi connectivity index (χ0v) is 7.19. The molecule has 0 spiro atoms. The molecule has 0 aromatic rings. The first-order valence-corrected chi connectivity index (χ1v) is 4.63. The SMILES string of the molecule is C.C.C.C.C.PC1CC1C1CC1P. The average molecular weight is 226 g/mol. The lowest BCUT2D eigenvalue weighted by Gasteiger charge is -1.86. The van der Waals surface area contributed by atoms with Gasteiger partial charge in [-0.2, -0.15) is 0 Å². The normalized spacial score (nSPS) is 37.4. The van der Waals surface area contributed by atoms with Crippen molar-refractivity contribution in [3.05, 3.63) is 0 Å². The molecule has 2 rings (SSSR count). The van der Waals surface area contributed by atoms with Crippen LogP contribution in [0.5, 0.6) is 0 Å². The maximum Gasteiger partial charge on any atom is -0.0230 e. The third-order valence-electron chi connectivity index (χ3n) is 2.33. The van der Waals surface area contributed by atoms with E-state index in [1.807, 2.05) is 0 Å². The molecule has 13 heavy (non-hydrogen) atoms. The lowest BCUT2D eigenvalue weighted by molar-refractivity contribution is 0.723. The van der Waals surface area contributed by atoms with E-state index in [-0.39, 0.29) is 37.1 Å². The van der Waals surface area contributed by atoms with E-state index in [2.05, 4.69) is 18.5 Å². The van der Waals surface area contributed by atoms with Crippen molar-refractivity contribution in [3.63, 3.8) is 0 Å². The molecule has 2 aliphatic carbocycles. The lowest BCUT2D eigenvalue weighted by atomic mass is 10.3. The van der Waals surface area contributed by atoms with Gasteiger partial charge in [0.15, 0.2) is 0 Å². The number of rotatable bonds is 1. The van der Waals surface area contributed by atoms with Gasteiger partial charge >= 0.3 is 0 Å². The zero-order valence-electron chi connectivity index (χ0n) is 4.88. The molecule has 2 fully saturated rings. The molecule has 0 aromatic carbocycles. The van der Waals surface area contributed by atoms with Crippen LogP contribution in [-0.4, -0.2) is 11.3 Å². The minimum atomic E-state index is 0. The van der Waals surface area contributed by atoms with E-state index >= 15 is 0 Å². The predicted octanol–water partition coefficient (Wildman–Crippen LogP) is 4.69. The summed E-state index contributed by atoms with van der Waals surface area (Å²) in [5.41, 5.74) is 1.98. The fraction of sp³-hybridized carbons (Fsp3) is 1.00. The molecule has 0 radical (unpaired) electrons. The Hall–Kier alpha value is 0.860. The molecule has 0 saturated heterocycles. The van der Waals surface area contributed by atoms with Crippen LogP contribution < -0.4 is 0 Å². The number of hydrogen-bond donors (Lipinski definition) is 0. The summed E-state index contributed by atoms with van der Waals surface area (Å²) in [6.07, 6.45) is 2.97. The molecule has 0 N–H and O–H groups in total. The molecule has 2 heteroatoms. The molecule has 0 heterocycles. The summed E-state index contributed by atoms with van der Waals surface area (Å²) in [5, 5.41) is 0. The molecule has 2 aliphatic rings. The van der Waals surface area contributed by atoms with Gasteiger partial charge in [0.1, 0.15) is 0 Å². The van der Waals surface area contributed by atoms with Crippen LogP contribution in [0, 0.1) is 11.8 Å². The van der Waals surface area contributed by atoms with Gasteiger partial charge in [0.25, 0.3) is 0 Å². The Labute approximate surface area is 92.1 Å². The molecule has 0 nitrogen and oxygen atoms in total. The van der Waals surface area contributed by atoms with Crippen LogP contribution >= 0.6 is 18.5 Å². The summed E-state index contributed by atoms with van der Waals surface area (Å²) in [6, 6.07) is 0. The second-order valence-corrected chi connectivity index (χ2v) is 4.84. The first kappa shape index (κ1) is 23.6. The third-order valence-corrected chi connectivity index (χ3v) is 3.87. The van der Waals surface area contributed by atoms with Crippen LogP contribution in [0.2, 0.25) is 0 Å². The predicted molar refractivity (Wildman–Crippen MR) is 76.9 cm³/mol. The van der Waals surface area contributed by atoms with E-state index in [4.69, 9.17) is 0 Å². The third kappa shape index (κ3) is 5.34. The van der Waals surface area contributed by atoms with Crippen molar-refractivity contribution in [3.8, 4) is 0 Å². The van der Waals surface area contributed by atoms with Crippen molar-refractivity contribution < 1.29 is 0 Å². The molecule has 0 amide bonds. The van der Waals surface area contributed by atoms with E-state index in [1.165, 1.54) is 12.8 Å². The molecule has 6 unspecified atom stereocenters. The molecule has 6 atom stereocenters. The van der Waals surface area contributed by atoms with Crippen LogP contribution in [0.1, 0.15) is 50.0 Å². The summed E-state index contributed by atoms with van der Waals surface area (Å²) in [4.78, 5) is 0. The highest BCUT2D eigenvalue weighted by atomic mass is 31.0. The van der Waals surface area contributed by atoms with Gasteiger partial charge in [0, 0.05) is 0 Å². The van der Waals surface area contributed by atoms with Crippen molar-refractivity contribution >= 4 is 18.5 Å². The molecule has 0 bridgehead atoms. The van der Waals surface area contributed by atoms with Crippen molar-refractivity contribution in [1.29, 1.82) is 0 Å². The van der Waals surface area contributed by atoms with Crippen LogP contribution in [0.15, 0.2) is 0 Å². The first-order chi connectivity index (χ1) is 3.79. The molecular weight excluding hydrogens is 194 g/mol. The molecule has 0 aliphatic heterocycles. The Balaban J connectivity index is -0.0000000810. The smallest absolute Gasteiger partial charge is 0.0230 e. The van der Waals surface area contributed by atoms with E-state index in [0.29, 0.717) is 0 Å². The quantitative estimate of drug-likeness (QED) is 0.569. The Bertz CT molecular complexity index is 101. The van der Waals surface area contributed by atoms with Gasteiger partial charge in [-0.1, -0.05) is 37.1 Å². The monoisotopic (exact) mass is 226 g/mol. The molecule has 2 saturated carbocycles. The van der Waals surface area contributed by atoms with Crippen molar-refractivity contribution in [2.75, 3.05) is 0 Å². The van der Waals surface area contributed by atoms with E-state index < -0.39 is 0 Å². The van der Waals surface area contributed by atoms with E-state index in [1.54, 1.807) is 0 Å². The lowest BCUT2D eigenvalue weighted by Crippen LogP contribution is -1.83. The highest BCUT2D eigenvalue weighted by Crippen LogP contribution is 2.56. The van der Waals surface area contributed by atoms with Crippen LogP contribution in [-0.2, 0) is 0 Å². The maximum atomic E-state index is 2.92. The Kier molecular flexibility index (Phi) is 14.9. The van der Waals surface area contributed by atoms with Crippen molar-refractivity contribution in [2.45, 2.75) is 61.3 Å². The Morgan fingerprint density at radius 1 is 0.615 bits per heavy atom. The Morgan fingerprint density at radius 2 is 0.769 bits per heavy atom. The second kappa shape index (κ2) is 8.19. The van der Waals surface area contributed by atoms with Gasteiger partial charge < -0.3 is 0 Å². The van der Waals surface area contributed by atoms with Crippen LogP contribution in [0.4, 0.5) is 0 Å². The molecule has 0 aromatic heterocycles. The standard InChI is InChI=1S/C6H12P2.5CH4/c7-5-1-3(5)4-2-6(4)8;;;;;/h3-6H,1-2,7-8H2;5*1H4. The van der Waals surface area contributed by atoms with Crippen molar-refractivity contribution in [1.82, 2.24) is 0 Å². The van der Waals surface area contributed by atoms with E-state index in [0.717, 1.165) is 23.2 Å². The van der Waals surface area contributed by atoms with Crippen LogP contribution in [0.3, 0.4) is 0 Å². The number of hydrogen-bond acceptors (Lipinski definition) is 0. The largest absolute Gasteiger partial charge is 0.134 e. The second-order valence-electron chi connectivity index (χ2n) is 3.13. The average Bonchev–Trinajstić information content (AvgIpc) is 2.47. The molecule has 86 valence electrons. The summed E-state index contributed by atoms with van der Waals surface area (Å²) in [5.74, 6) is 2.20. The fourth-order valence-corrected chi connectivity index (χ4v) is 2.66. The summed E-state index contributed by atoms with van der Waals surface area (Å²) >= 11 is 0. The van der Waals surface area contributed by atoms with Gasteiger partial charge in [-0.05, 0) is 36.0 Å². The minimum absolute atomic E-state index is 0. The highest BCUT2D eigenvalue weighted by molar-refractivity contribution is 7.18. The zero-order chi connectivity index (χ0) is 5.72. The minimum Gasteiger partial charge on any atom is -0.134 e. The summed E-state index contributed by atoms with van der Waals surface area (Å²) in [7, 11) is 5.85. The fourth-order valence-electron chi connectivity index (χ4n) is 1.46. The highest BCUT2D eigenvalue weighted by Gasteiger charge is 2.49. The van der Waals surface area contributed by atoms with E-state index in [9.17, 15) is 0 Å². The summed E-state index contributed by atoms with van der Waals surface area (Å²) in [6.45, 7) is 0. The topological polar surface area (TPSA) is 0 Å². The Morgan fingerprint density at radius 3 is 0.846 bits per heavy atom. The van der Waals surface area contributed by atoms with Gasteiger partial charge in [-0.3, -0.25) is 0 Å². The maximum absolute atomic E-state index is 2.92. The van der Waals surface area contributed by atoms with Crippen molar-refractivity contribution in [2.24, 2.45) is 11.8 Å². The van der Waals surface area contributed by atoms with Crippen LogP contribution in [0.25, 0.3) is 0 Å². The summed E-state index contributed by atoms with van der Waals surface area (Å²) < 4.78 is 0. The van der Waals surface area contributed by atoms with Gasteiger partial charge in [-0.15, -0.1) is 18.5 Å².